The highest BCUT2D eigenvalue weighted by Crippen LogP contribution is 2.23. The summed E-state index contributed by atoms with van der Waals surface area (Å²) in [5, 5.41) is 8.54. The van der Waals surface area contributed by atoms with Gasteiger partial charge in [-0.1, -0.05) is 0 Å². The van der Waals surface area contributed by atoms with Crippen molar-refractivity contribution in [2.45, 2.75) is 19.0 Å². The van der Waals surface area contributed by atoms with Crippen molar-refractivity contribution in [3.63, 3.8) is 0 Å². The average molecular weight is 265 g/mol. The van der Waals surface area contributed by atoms with Crippen LogP contribution in [0.5, 0.6) is 0 Å². The Morgan fingerprint density at radius 2 is 1.94 bits per heavy atom. The van der Waals surface area contributed by atoms with E-state index in [1.54, 1.807) is 6.07 Å². The maximum absolute atomic E-state index is 12.9. The predicted molar refractivity (Wildman–Crippen MR) is 51.7 cm³/mol. The number of hydrogen-bond donors (Lipinski definition) is 0. The highest BCUT2D eigenvalue weighted by Gasteiger charge is 2.40. The van der Waals surface area contributed by atoms with Gasteiger partial charge in [0, 0.05) is 0 Å². The molecule has 1 aromatic rings. The molecule has 0 bridgehead atoms. The van der Waals surface area contributed by atoms with Crippen LogP contribution in [0.4, 0.5) is 22.0 Å². The summed E-state index contributed by atoms with van der Waals surface area (Å²) in [5.74, 6) is -4.97. The molecule has 0 fully saturated rings. The van der Waals surface area contributed by atoms with Gasteiger partial charge < -0.3 is 4.74 Å². The minimum absolute atomic E-state index is 0.00535. The second-order valence-electron chi connectivity index (χ2n) is 3.51. The molecular weight excluding hydrogens is 257 g/mol. The van der Waals surface area contributed by atoms with Crippen molar-refractivity contribution in [3.05, 3.63) is 35.1 Å². The largest absolute Gasteiger partial charge is 0.370 e. The maximum Gasteiger partial charge on any atom is 0.330 e. The lowest BCUT2D eigenvalue weighted by molar-refractivity contribution is -0.168. The minimum Gasteiger partial charge on any atom is -0.370 e. The topological polar surface area (TPSA) is 33.0 Å². The molecule has 0 aromatic heterocycles. The highest BCUT2D eigenvalue weighted by atomic mass is 19.3. The van der Waals surface area contributed by atoms with Crippen LogP contribution in [0.2, 0.25) is 0 Å². The molecule has 1 rings (SSSR count). The fraction of sp³-hybridized carbons (Fsp3) is 0.364. The van der Waals surface area contributed by atoms with Gasteiger partial charge in [0.25, 0.3) is 0 Å². The van der Waals surface area contributed by atoms with Gasteiger partial charge in [-0.15, -0.1) is 0 Å². The van der Waals surface area contributed by atoms with E-state index in [1.165, 1.54) is 6.07 Å². The molecule has 0 N–H and O–H groups in total. The Hall–Kier alpha value is -1.68. The zero-order valence-electron chi connectivity index (χ0n) is 8.97. The van der Waals surface area contributed by atoms with Crippen LogP contribution >= 0.6 is 0 Å². The van der Waals surface area contributed by atoms with Crippen LogP contribution < -0.4 is 0 Å². The molecule has 0 aliphatic heterocycles. The molecule has 98 valence electrons. The first kappa shape index (κ1) is 14.4. The number of halogens is 5. The summed E-state index contributed by atoms with van der Waals surface area (Å²) in [4.78, 5) is 0. The molecule has 0 atom stereocenters. The number of nitrogens with zero attached hydrogens (tertiary/aromatic N) is 1. The molecule has 0 aliphatic rings. The molecule has 0 spiro atoms. The van der Waals surface area contributed by atoms with E-state index in [4.69, 9.17) is 5.26 Å². The van der Waals surface area contributed by atoms with Gasteiger partial charge in [0.2, 0.25) is 0 Å². The van der Waals surface area contributed by atoms with Gasteiger partial charge in [0.05, 0.1) is 18.2 Å². The van der Waals surface area contributed by atoms with E-state index in [2.05, 4.69) is 4.74 Å². The number of nitriles is 1. The Morgan fingerprint density at radius 1 is 1.28 bits per heavy atom. The van der Waals surface area contributed by atoms with Crippen LogP contribution in [0.1, 0.15) is 11.1 Å². The normalized spacial score (nSPS) is 11.6. The van der Waals surface area contributed by atoms with Gasteiger partial charge in [-0.25, -0.2) is 13.2 Å². The van der Waals surface area contributed by atoms with Gasteiger partial charge in [-0.05, 0) is 23.8 Å². The zero-order valence-corrected chi connectivity index (χ0v) is 8.97. The van der Waals surface area contributed by atoms with Crippen LogP contribution in [0, 0.1) is 17.1 Å². The second-order valence-corrected chi connectivity index (χ2v) is 3.51. The summed E-state index contributed by atoms with van der Waals surface area (Å²) < 4.78 is 65.8. The first-order valence-corrected chi connectivity index (χ1v) is 4.78. The lowest BCUT2D eigenvalue weighted by Crippen LogP contribution is -2.32. The van der Waals surface area contributed by atoms with E-state index in [9.17, 15) is 22.0 Å². The number of alkyl halides is 4. The standard InChI is InChI=1S/C11H8F5NO/c12-9-2-7(4-17)1-8(3-9)5-18-6-11(15,16)10(13)14/h1-3,10H,5-6H2. The quantitative estimate of drug-likeness (QED) is 0.766. The molecule has 1 aromatic carbocycles. The lowest BCUT2D eigenvalue weighted by Gasteiger charge is -2.15. The van der Waals surface area contributed by atoms with Crippen molar-refractivity contribution in [1.29, 1.82) is 5.26 Å². The average Bonchev–Trinajstić information content (AvgIpc) is 2.27. The summed E-state index contributed by atoms with van der Waals surface area (Å²) >= 11 is 0. The third-order valence-corrected chi connectivity index (χ3v) is 1.97. The van der Waals surface area contributed by atoms with Crippen molar-refractivity contribution in [3.8, 4) is 6.07 Å². The lowest BCUT2D eigenvalue weighted by atomic mass is 10.1. The van der Waals surface area contributed by atoms with E-state index >= 15 is 0 Å². The first-order valence-electron chi connectivity index (χ1n) is 4.78. The Bertz CT molecular complexity index is 455. The molecule has 0 saturated carbocycles. The van der Waals surface area contributed by atoms with Crippen molar-refractivity contribution >= 4 is 0 Å². The van der Waals surface area contributed by atoms with Crippen LogP contribution in [0.15, 0.2) is 18.2 Å². The predicted octanol–water partition coefficient (Wildman–Crippen LogP) is 3.11. The van der Waals surface area contributed by atoms with E-state index in [0.29, 0.717) is 0 Å². The fourth-order valence-corrected chi connectivity index (χ4v) is 1.17. The number of ether oxygens (including phenoxy) is 1. The Balaban J connectivity index is 2.60. The summed E-state index contributed by atoms with van der Waals surface area (Å²) in [5.41, 5.74) is 0.117. The van der Waals surface area contributed by atoms with E-state index in [-0.39, 0.29) is 11.1 Å². The second kappa shape index (κ2) is 5.78. The van der Waals surface area contributed by atoms with Gasteiger partial charge in [-0.2, -0.15) is 14.0 Å². The van der Waals surface area contributed by atoms with E-state index in [0.717, 1.165) is 12.1 Å². The molecule has 7 heteroatoms. The highest BCUT2D eigenvalue weighted by molar-refractivity contribution is 5.33. The molecule has 2 nitrogen and oxygen atoms in total. The molecule has 0 unspecified atom stereocenters. The Kier molecular flexibility index (Phi) is 4.62. The molecule has 0 saturated heterocycles. The van der Waals surface area contributed by atoms with Crippen LogP contribution in [0.25, 0.3) is 0 Å². The summed E-state index contributed by atoms with van der Waals surface area (Å²) in [7, 11) is 0. The Labute approximate surface area is 99.6 Å². The van der Waals surface area contributed by atoms with E-state index in [1.807, 2.05) is 0 Å². The molecule has 0 aliphatic carbocycles. The molecule has 18 heavy (non-hydrogen) atoms. The van der Waals surface area contributed by atoms with Crippen LogP contribution in [-0.4, -0.2) is 19.0 Å². The maximum atomic E-state index is 12.9. The minimum atomic E-state index is -4.24. The third-order valence-electron chi connectivity index (χ3n) is 1.97. The van der Waals surface area contributed by atoms with Crippen molar-refractivity contribution in [2.24, 2.45) is 0 Å². The van der Waals surface area contributed by atoms with Crippen LogP contribution in [-0.2, 0) is 11.3 Å². The van der Waals surface area contributed by atoms with Gasteiger partial charge in [0.15, 0.2) is 0 Å². The van der Waals surface area contributed by atoms with Crippen molar-refractivity contribution in [1.82, 2.24) is 0 Å². The van der Waals surface area contributed by atoms with Gasteiger partial charge in [-0.3, -0.25) is 0 Å². The number of rotatable bonds is 5. The molecule has 0 radical (unpaired) electrons. The summed E-state index contributed by atoms with van der Waals surface area (Å²) in [6, 6.07) is 4.82. The van der Waals surface area contributed by atoms with Crippen molar-refractivity contribution in [2.75, 3.05) is 6.61 Å². The summed E-state index contributed by atoms with van der Waals surface area (Å²) in [6.07, 6.45) is -3.82. The smallest absolute Gasteiger partial charge is 0.330 e. The third kappa shape index (κ3) is 3.96. The zero-order chi connectivity index (χ0) is 13.8. The summed E-state index contributed by atoms with van der Waals surface area (Å²) in [6.45, 7) is -1.95. The fourth-order valence-electron chi connectivity index (χ4n) is 1.17. The molecular formula is C11H8F5NO. The number of benzene rings is 1. The Morgan fingerprint density at radius 3 is 2.50 bits per heavy atom. The monoisotopic (exact) mass is 265 g/mol. The van der Waals surface area contributed by atoms with Gasteiger partial charge >= 0.3 is 12.3 Å². The number of hydrogen-bond acceptors (Lipinski definition) is 2. The SMILES string of the molecule is N#Cc1cc(F)cc(COCC(F)(F)C(F)F)c1. The van der Waals surface area contributed by atoms with E-state index < -0.39 is 31.4 Å². The van der Waals surface area contributed by atoms with Crippen LogP contribution in [0.3, 0.4) is 0 Å². The first-order chi connectivity index (χ1) is 8.35. The van der Waals surface area contributed by atoms with Crippen molar-refractivity contribution < 1.29 is 26.7 Å². The molecule has 0 amide bonds. The van der Waals surface area contributed by atoms with Gasteiger partial charge in [0.1, 0.15) is 12.4 Å². The molecule has 0 heterocycles.